The number of hydrogen-bond acceptors (Lipinski definition) is 2. The van der Waals surface area contributed by atoms with Crippen LogP contribution in [0.5, 0.6) is 5.75 Å². The average Bonchev–Trinajstić information content (AvgIpc) is 2.62. The molecule has 3 aromatic carbocycles. The molecule has 0 aliphatic heterocycles. The molecule has 0 spiro atoms. The lowest BCUT2D eigenvalue weighted by atomic mass is 10.2. The van der Waals surface area contributed by atoms with Gasteiger partial charge in [-0.25, -0.2) is 0 Å². The summed E-state index contributed by atoms with van der Waals surface area (Å²) < 4.78 is 8.79. The van der Waals surface area contributed by atoms with Gasteiger partial charge in [-0.3, -0.25) is 0 Å². The molecular weight excluding hydrogens is 581 g/mol. The lowest BCUT2D eigenvalue weighted by Gasteiger charge is -2.14. The summed E-state index contributed by atoms with van der Waals surface area (Å²) in [5.41, 5.74) is 3.01. The van der Waals surface area contributed by atoms with Crippen LogP contribution in [0.3, 0.4) is 0 Å². The molecule has 2 nitrogen and oxygen atoms in total. The third-order valence-corrected chi connectivity index (χ3v) is 6.02. The van der Waals surface area contributed by atoms with Crippen LogP contribution in [0.1, 0.15) is 11.1 Å². The third-order valence-electron chi connectivity index (χ3n) is 3.77. The molecule has 0 radical (unpaired) electrons. The van der Waals surface area contributed by atoms with Gasteiger partial charge in [0.15, 0.2) is 0 Å². The van der Waals surface area contributed by atoms with E-state index in [0.717, 1.165) is 36.0 Å². The topological polar surface area (TPSA) is 21.3 Å². The maximum Gasteiger partial charge on any atom is 0.148 e. The average molecular weight is 595 g/mol. The van der Waals surface area contributed by atoms with E-state index in [-0.39, 0.29) is 0 Å². The van der Waals surface area contributed by atoms with Crippen LogP contribution in [0, 0.1) is 0 Å². The molecule has 0 atom stereocenters. The molecule has 0 fully saturated rings. The Bertz CT molecular complexity index is 925. The van der Waals surface area contributed by atoms with Crippen LogP contribution in [0.15, 0.2) is 68.0 Å². The first-order valence-corrected chi connectivity index (χ1v) is 11.1. The Kier molecular flexibility index (Phi) is 7.51. The molecule has 0 heterocycles. The van der Waals surface area contributed by atoms with Crippen LogP contribution in [-0.4, -0.2) is 0 Å². The fourth-order valence-electron chi connectivity index (χ4n) is 2.42. The first kappa shape index (κ1) is 21.0. The number of rotatable bonds is 6. The van der Waals surface area contributed by atoms with Crippen molar-refractivity contribution in [1.82, 2.24) is 0 Å². The van der Waals surface area contributed by atoms with Gasteiger partial charge in [0, 0.05) is 16.0 Å². The zero-order valence-corrected chi connectivity index (χ0v) is 20.2. The number of hydrogen-bond donors (Lipinski definition) is 1. The van der Waals surface area contributed by atoms with Gasteiger partial charge in [0.2, 0.25) is 0 Å². The molecule has 0 aliphatic rings. The van der Waals surface area contributed by atoms with E-state index in [4.69, 9.17) is 27.9 Å². The van der Waals surface area contributed by atoms with Crippen molar-refractivity contribution in [2.24, 2.45) is 0 Å². The molecule has 0 aromatic heterocycles. The van der Waals surface area contributed by atoms with Crippen molar-refractivity contribution in [2.45, 2.75) is 13.2 Å². The van der Waals surface area contributed by atoms with Gasteiger partial charge in [-0.2, -0.15) is 0 Å². The van der Waals surface area contributed by atoms with E-state index in [9.17, 15) is 0 Å². The molecule has 0 amide bonds. The van der Waals surface area contributed by atoms with E-state index in [0.29, 0.717) is 23.2 Å². The lowest BCUT2D eigenvalue weighted by molar-refractivity contribution is 0.302. The minimum absolute atomic E-state index is 0.489. The molecular formula is C20H14Br3Cl2NO. The van der Waals surface area contributed by atoms with Crippen LogP contribution in [0.2, 0.25) is 10.0 Å². The summed E-state index contributed by atoms with van der Waals surface area (Å²) in [7, 11) is 0. The van der Waals surface area contributed by atoms with Crippen molar-refractivity contribution in [3.8, 4) is 5.75 Å². The van der Waals surface area contributed by atoms with E-state index in [2.05, 4.69) is 53.1 Å². The molecule has 140 valence electrons. The SMILES string of the molecule is Clc1ccc(NCc2cc(Br)c(OCc3ccc(Br)cc3)c(Br)c2)c(Cl)c1. The number of ether oxygens (including phenoxy) is 1. The van der Waals surface area contributed by atoms with Gasteiger partial charge >= 0.3 is 0 Å². The standard InChI is InChI=1S/C20H14Br3Cl2NO/c21-14-3-1-12(2-4-14)11-27-20-16(22)7-13(8-17(20)23)10-26-19-6-5-15(24)9-18(19)25/h1-9,26H,10-11H2. The van der Waals surface area contributed by atoms with Crippen LogP contribution >= 0.6 is 71.0 Å². The maximum atomic E-state index is 6.20. The number of nitrogens with one attached hydrogen (secondary N) is 1. The fourth-order valence-corrected chi connectivity index (χ4v) is 4.67. The molecule has 0 saturated carbocycles. The Morgan fingerprint density at radius 2 is 1.48 bits per heavy atom. The van der Waals surface area contributed by atoms with Crippen LogP contribution in [0.25, 0.3) is 0 Å². The van der Waals surface area contributed by atoms with Crippen molar-refractivity contribution < 1.29 is 4.74 Å². The van der Waals surface area contributed by atoms with Crippen molar-refractivity contribution in [3.05, 3.63) is 89.2 Å². The van der Waals surface area contributed by atoms with Crippen molar-refractivity contribution >= 4 is 76.7 Å². The summed E-state index contributed by atoms with van der Waals surface area (Å²) in [6.07, 6.45) is 0. The summed E-state index contributed by atoms with van der Waals surface area (Å²) in [5, 5.41) is 4.52. The van der Waals surface area contributed by atoms with Crippen LogP contribution in [0.4, 0.5) is 5.69 Å². The zero-order valence-electron chi connectivity index (χ0n) is 13.9. The summed E-state index contributed by atoms with van der Waals surface area (Å²) in [5.74, 6) is 0.770. The molecule has 3 rings (SSSR count). The predicted molar refractivity (Wildman–Crippen MR) is 124 cm³/mol. The second-order valence-electron chi connectivity index (χ2n) is 5.78. The molecule has 7 heteroatoms. The fraction of sp³-hybridized carbons (Fsp3) is 0.100. The highest BCUT2D eigenvalue weighted by Crippen LogP contribution is 2.36. The smallest absolute Gasteiger partial charge is 0.148 e. The summed E-state index contributed by atoms with van der Waals surface area (Å²) in [6, 6.07) is 17.5. The highest BCUT2D eigenvalue weighted by Gasteiger charge is 2.10. The van der Waals surface area contributed by atoms with Gasteiger partial charge in [-0.1, -0.05) is 51.3 Å². The molecule has 0 saturated heterocycles. The zero-order chi connectivity index (χ0) is 19.4. The largest absolute Gasteiger partial charge is 0.487 e. The number of halogens is 5. The van der Waals surface area contributed by atoms with Crippen LogP contribution in [-0.2, 0) is 13.2 Å². The second-order valence-corrected chi connectivity index (χ2v) is 9.25. The van der Waals surface area contributed by atoms with Crippen molar-refractivity contribution in [3.63, 3.8) is 0 Å². The molecule has 3 aromatic rings. The summed E-state index contributed by atoms with van der Waals surface area (Å²) in [4.78, 5) is 0. The van der Waals surface area contributed by atoms with Crippen molar-refractivity contribution in [1.29, 1.82) is 0 Å². The molecule has 0 bridgehead atoms. The van der Waals surface area contributed by atoms with E-state index in [1.807, 2.05) is 42.5 Å². The van der Waals surface area contributed by atoms with E-state index in [1.54, 1.807) is 12.1 Å². The Morgan fingerprint density at radius 3 is 2.11 bits per heavy atom. The van der Waals surface area contributed by atoms with Gasteiger partial charge in [0.25, 0.3) is 0 Å². The first-order valence-electron chi connectivity index (χ1n) is 7.96. The monoisotopic (exact) mass is 591 g/mol. The molecule has 1 N–H and O–H groups in total. The predicted octanol–water partition coefficient (Wildman–Crippen LogP) is 8.47. The second kappa shape index (κ2) is 9.66. The Labute approximate surface area is 193 Å². The first-order chi connectivity index (χ1) is 12.9. The van der Waals surface area contributed by atoms with Crippen LogP contribution < -0.4 is 10.1 Å². The summed E-state index contributed by atoms with van der Waals surface area (Å²) >= 11 is 22.8. The molecule has 0 unspecified atom stereocenters. The Hall–Kier alpha value is -0.720. The quantitative estimate of drug-likeness (QED) is 0.309. The minimum atomic E-state index is 0.489. The van der Waals surface area contributed by atoms with E-state index < -0.39 is 0 Å². The van der Waals surface area contributed by atoms with E-state index >= 15 is 0 Å². The number of anilines is 1. The number of benzene rings is 3. The molecule has 27 heavy (non-hydrogen) atoms. The minimum Gasteiger partial charge on any atom is -0.487 e. The van der Waals surface area contributed by atoms with Gasteiger partial charge in [0.05, 0.1) is 19.7 Å². The Balaban J connectivity index is 1.67. The highest BCUT2D eigenvalue weighted by atomic mass is 79.9. The van der Waals surface area contributed by atoms with E-state index in [1.165, 1.54) is 0 Å². The summed E-state index contributed by atoms with van der Waals surface area (Å²) in [6.45, 7) is 1.11. The van der Waals surface area contributed by atoms with Gasteiger partial charge in [0.1, 0.15) is 12.4 Å². The van der Waals surface area contributed by atoms with Gasteiger partial charge in [-0.15, -0.1) is 0 Å². The molecule has 0 aliphatic carbocycles. The van der Waals surface area contributed by atoms with Gasteiger partial charge < -0.3 is 10.1 Å². The lowest BCUT2D eigenvalue weighted by Crippen LogP contribution is -2.02. The van der Waals surface area contributed by atoms with Gasteiger partial charge in [-0.05, 0) is 85.5 Å². The van der Waals surface area contributed by atoms with Crippen molar-refractivity contribution in [2.75, 3.05) is 5.32 Å². The Morgan fingerprint density at radius 1 is 0.815 bits per heavy atom. The normalized spacial score (nSPS) is 10.7. The third kappa shape index (κ3) is 5.88. The highest BCUT2D eigenvalue weighted by molar-refractivity contribution is 9.11. The maximum absolute atomic E-state index is 6.20.